The van der Waals surface area contributed by atoms with E-state index >= 15 is 0 Å². The number of rotatable bonds is 10. The number of carbonyl (C=O) groups excluding carboxylic acids is 2. The SMILES string of the molecule is COc1ccc(CN(C(=O)Cn2nnc3ccccc32)C(C(=O)Nc2ccc(N3CCOCC3)cc2)c2ccc(Cl)cc2)cc1. The summed E-state index contributed by atoms with van der Waals surface area (Å²) in [6.07, 6.45) is 0. The summed E-state index contributed by atoms with van der Waals surface area (Å²) in [6.45, 7) is 3.05. The van der Waals surface area contributed by atoms with Crippen molar-refractivity contribution < 1.29 is 19.1 Å². The third-order valence-corrected chi connectivity index (χ3v) is 8.05. The van der Waals surface area contributed by atoms with Crippen molar-refractivity contribution in [2.24, 2.45) is 0 Å². The standard InChI is InChI=1S/C34H33ClN6O4/c1-44-29-16-6-24(7-17-29)22-40(32(42)23-41-31-5-3-2-4-30(31)37-38-41)33(25-8-10-26(35)11-9-25)34(43)36-27-12-14-28(15-13-27)39-18-20-45-21-19-39/h2-17,33H,18-23H2,1H3,(H,36,43). The van der Waals surface area contributed by atoms with Crippen molar-refractivity contribution >= 4 is 45.8 Å². The van der Waals surface area contributed by atoms with Crippen molar-refractivity contribution in [2.75, 3.05) is 43.6 Å². The second kappa shape index (κ2) is 13.8. The lowest BCUT2D eigenvalue weighted by molar-refractivity contribution is -0.140. The average Bonchev–Trinajstić information content (AvgIpc) is 3.49. The molecule has 1 aliphatic heterocycles. The molecule has 0 bridgehead atoms. The summed E-state index contributed by atoms with van der Waals surface area (Å²) < 4.78 is 12.4. The van der Waals surface area contributed by atoms with Gasteiger partial charge in [0.1, 0.15) is 23.9 Å². The molecule has 10 nitrogen and oxygen atoms in total. The van der Waals surface area contributed by atoms with E-state index in [0.29, 0.717) is 40.8 Å². The number of hydrogen-bond acceptors (Lipinski definition) is 7. The fourth-order valence-electron chi connectivity index (χ4n) is 5.41. The topological polar surface area (TPSA) is 102 Å². The highest BCUT2D eigenvalue weighted by Gasteiger charge is 2.32. The summed E-state index contributed by atoms with van der Waals surface area (Å²) in [4.78, 5) is 32.3. The average molecular weight is 625 g/mol. The molecule has 6 rings (SSSR count). The van der Waals surface area contributed by atoms with Gasteiger partial charge in [-0.05, 0) is 71.8 Å². The number of halogens is 1. The number of fused-ring (bicyclic) bond motifs is 1. The number of morpholine rings is 1. The predicted molar refractivity (Wildman–Crippen MR) is 173 cm³/mol. The van der Waals surface area contributed by atoms with Gasteiger partial charge in [0.15, 0.2) is 0 Å². The highest BCUT2D eigenvalue weighted by atomic mass is 35.5. The summed E-state index contributed by atoms with van der Waals surface area (Å²) in [5.41, 5.74) is 4.53. The molecule has 4 aromatic carbocycles. The van der Waals surface area contributed by atoms with Crippen LogP contribution in [0.4, 0.5) is 11.4 Å². The van der Waals surface area contributed by atoms with Gasteiger partial charge in [0.25, 0.3) is 5.91 Å². The molecule has 0 aliphatic carbocycles. The van der Waals surface area contributed by atoms with E-state index in [0.717, 1.165) is 29.9 Å². The molecule has 230 valence electrons. The van der Waals surface area contributed by atoms with Gasteiger partial charge in [-0.1, -0.05) is 53.2 Å². The summed E-state index contributed by atoms with van der Waals surface area (Å²) >= 11 is 6.23. The quantitative estimate of drug-likeness (QED) is 0.224. The zero-order valence-corrected chi connectivity index (χ0v) is 25.6. The lowest BCUT2D eigenvalue weighted by Gasteiger charge is -2.32. The van der Waals surface area contributed by atoms with Gasteiger partial charge in [-0.25, -0.2) is 4.68 Å². The molecule has 0 spiro atoms. The number of benzene rings is 4. The Morgan fingerprint density at radius 3 is 2.38 bits per heavy atom. The molecule has 2 amide bonds. The van der Waals surface area contributed by atoms with Gasteiger partial charge in [0.2, 0.25) is 5.91 Å². The molecule has 45 heavy (non-hydrogen) atoms. The molecule has 1 aromatic heterocycles. The minimum atomic E-state index is -0.981. The molecule has 1 N–H and O–H groups in total. The predicted octanol–water partition coefficient (Wildman–Crippen LogP) is 5.34. The second-order valence-electron chi connectivity index (χ2n) is 10.7. The zero-order chi connectivity index (χ0) is 31.2. The van der Waals surface area contributed by atoms with Crippen LogP contribution in [0.3, 0.4) is 0 Å². The van der Waals surface area contributed by atoms with E-state index < -0.39 is 6.04 Å². The number of carbonyl (C=O) groups is 2. The van der Waals surface area contributed by atoms with Crippen molar-refractivity contribution in [3.05, 3.63) is 113 Å². The van der Waals surface area contributed by atoms with Crippen molar-refractivity contribution in [2.45, 2.75) is 19.1 Å². The van der Waals surface area contributed by atoms with Crippen LogP contribution in [0.5, 0.6) is 5.75 Å². The van der Waals surface area contributed by atoms with Crippen LogP contribution < -0.4 is 15.0 Å². The zero-order valence-electron chi connectivity index (χ0n) is 24.8. The van der Waals surface area contributed by atoms with Crippen molar-refractivity contribution in [1.29, 1.82) is 0 Å². The van der Waals surface area contributed by atoms with E-state index in [9.17, 15) is 9.59 Å². The van der Waals surface area contributed by atoms with E-state index in [4.69, 9.17) is 21.1 Å². The van der Waals surface area contributed by atoms with Gasteiger partial charge in [-0.3, -0.25) is 9.59 Å². The fourth-order valence-corrected chi connectivity index (χ4v) is 5.54. The molecule has 1 fully saturated rings. The lowest BCUT2D eigenvalue weighted by Crippen LogP contribution is -2.42. The van der Waals surface area contributed by atoms with Gasteiger partial charge in [-0.2, -0.15) is 0 Å². The Kier molecular flexibility index (Phi) is 9.23. The molecular formula is C34H33ClN6O4. The summed E-state index contributed by atoms with van der Waals surface area (Å²) in [5, 5.41) is 12.0. The van der Waals surface area contributed by atoms with Crippen LogP contribution in [0.25, 0.3) is 11.0 Å². The molecule has 1 saturated heterocycles. The molecular weight excluding hydrogens is 592 g/mol. The molecule has 11 heteroatoms. The molecule has 5 aromatic rings. The molecule has 1 aliphatic rings. The van der Waals surface area contributed by atoms with Crippen LogP contribution in [0, 0.1) is 0 Å². The van der Waals surface area contributed by atoms with Gasteiger partial charge < -0.3 is 24.6 Å². The minimum Gasteiger partial charge on any atom is -0.497 e. The Morgan fingerprint density at radius 1 is 0.956 bits per heavy atom. The van der Waals surface area contributed by atoms with Crippen LogP contribution in [-0.2, 0) is 27.4 Å². The number of nitrogens with one attached hydrogen (secondary N) is 1. The van der Waals surface area contributed by atoms with E-state index in [-0.39, 0.29) is 24.9 Å². The van der Waals surface area contributed by atoms with Gasteiger partial charge in [0.05, 0.1) is 25.8 Å². The van der Waals surface area contributed by atoms with Crippen LogP contribution in [-0.4, -0.2) is 65.1 Å². The Labute approximate surface area is 266 Å². The Bertz CT molecular complexity index is 1750. The molecule has 1 unspecified atom stereocenters. The Morgan fingerprint density at radius 2 is 1.67 bits per heavy atom. The first-order chi connectivity index (χ1) is 22.0. The maximum absolute atomic E-state index is 14.2. The lowest BCUT2D eigenvalue weighted by atomic mass is 10.0. The Hall–Kier alpha value is -4.93. The van der Waals surface area contributed by atoms with E-state index in [1.807, 2.05) is 72.8 Å². The van der Waals surface area contributed by atoms with E-state index in [2.05, 4.69) is 20.5 Å². The normalized spacial score (nSPS) is 13.8. The molecule has 2 heterocycles. The van der Waals surface area contributed by atoms with Crippen molar-refractivity contribution in [3.8, 4) is 5.75 Å². The Balaban J connectivity index is 1.33. The molecule has 1 atom stereocenters. The minimum absolute atomic E-state index is 0.109. The maximum atomic E-state index is 14.2. The largest absolute Gasteiger partial charge is 0.497 e. The number of nitrogens with zero attached hydrogens (tertiary/aromatic N) is 5. The van der Waals surface area contributed by atoms with Crippen LogP contribution >= 0.6 is 11.6 Å². The summed E-state index contributed by atoms with van der Waals surface area (Å²) in [6, 6.07) is 28.6. The number of methoxy groups -OCH3 is 1. The smallest absolute Gasteiger partial charge is 0.251 e. The van der Waals surface area contributed by atoms with Crippen molar-refractivity contribution in [3.63, 3.8) is 0 Å². The van der Waals surface area contributed by atoms with Gasteiger partial charge in [0, 0.05) is 36.0 Å². The molecule has 0 radical (unpaired) electrons. The van der Waals surface area contributed by atoms with E-state index in [1.165, 1.54) is 0 Å². The monoisotopic (exact) mass is 624 g/mol. The third-order valence-electron chi connectivity index (χ3n) is 7.79. The van der Waals surface area contributed by atoms with Crippen molar-refractivity contribution in [1.82, 2.24) is 19.9 Å². The van der Waals surface area contributed by atoms with Gasteiger partial charge in [-0.15, -0.1) is 5.10 Å². The highest BCUT2D eigenvalue weighted by Crippen LogP contribution is 2.29. The highest BCUT2D eigenvalue weighted by molar-refractivity contribution is 6.30. The summed E-state index contributed by atoms with van der Waals surface area (Å²) in [5.74, 6) is 0.0271. The van der Waals surface area contributed by atoms with Crippen LogP contribution in [0.1, 0.15) is 17.2 Å². The first-order valence-electron chi connectivity index (χ1n) is 14.7. The number of hydrogen-bond donors (Lipinski definition) is 1. The maximum Gasteiger partial charge on any atom is 0.251 e. The number of aromatic nitrogens is 3. The second-order valence-corrected chi connectivity index (χ2v) is 11.1. The van der Waals surface area contributed by atoms with Crippen LogP contribution in [0.2, 0.25) is 5.02 Å². The first-order valence-corrected chi connectivity index (χ1v) is 15.1. The molecule has 0 saturated carbocycles. The van der Waals surface area contributed by atoms with E-state index in [1.54, 1.807) is 41.0 Å². The first kappa shape index (κ1) is 30.1. The number of para-hydroxylation sites is 1. The third kappa shape index (κ3) is 7.08. The van der Waals surface area contributed by atoms with Gasteiger partial charge >= 0.3 is 0 Å². The fraction of sp³-hybridized carbons (Fsp3) is 0.235. The van der Waals surface area contributed by atoms with Crippen LogP contribution in [0.15, 0.2) is 97.1 Å². The number of amides is 2. The number of anilines is 2. The number of ether oxygens (including phenoxy) is 2. The summed E-state index contributed by atoms with van der Waals surface area (Å²) in [7, 11) is 1.60.